The molecule has 2 N–H and O–H groups in total. The molecule has 6 nitrogen and oxygen atoms in total. The summed E-state index contributed by atoms with van der Waals surface area (Å²) in [7, 11) is 1.82. The number of rotatable bonds is 5. The van der Waals surface area contributed by atoms with Gasteiger partial charge in [-0.05, 0) is 50.2 Å². The summed E-state index contributed by atoms with van der Waals surface area (Å²) in [6.07, 6.45) is 0. The number of hydrogen-bond donors (Lipinski definition) is 2. The molecule has 0 saturated carbocycles. The zero-order chi connectivity index (χ0) is 18.7. The van der Waals surface area contributed by atoms with Crippen LogP contribution in [0.5, 0.6) is 0 Å². The van der Waals surface area contributed by atoms with Gasteiger partial charge in [-0.15, -0.1) is 0 Å². The summed E-state index contributed by atoms with van der Waals surface area (Å²) in [4.78, 5) is 33.5. The average molecular weight is 350 g/mol. The van der Waals surface area contributed by atoms with Gasteiger partial charge in [-0.1, -0.05) is 24.3 Å². The number of nitrogens with one attached hydrogen (secondary N) is 2. The Morgan fingerprint density at radius 2 is 1.92 bits per heavy atom. The van der Waals surface area contributed by atoms with Crippen LogP contribution in [-0.4, -0.2) is 34.4 Å². The van der Waals surface area contributed by atoms with E-state index in [1.807, 2.05) is 56.1 Å². The second-order valence-corrected chi connectivity index (χ2v) is 6.50. The van der Waals surface area contributed by atoms with Gasteiger partial charge in [0.25, 0.3) is 5.56 Å². The van der Waals surface area contributed by atoms with Crippen LogP contribution in [0.1, 0.15) is 17.0 Å². The maximum Gasteiger partial charge on any atom is 0.258 e. The van der Waals surface area contributed by atoms with Crippen molar-refractivity contribution in [2.24, 2.45) is 0 Å². The highest BCUT2D eigenvalue weighted by Gasteiger charge is 2.11. The van der Waals surface area contributed by atoms with E-state index in [9.17, 15) is 9.59 Å². The number of amides is 1. The molecule has 6 heteroatoms. The molecular formula is C20H22N4O2. The van der Waals surface area contributed by atoms with Gasteiger partial charge in [0, 0.05) is 5.69 Å². The quantitative estimate of drug-likeness (QED) is 0.741. The molecule has 1 aromatic heterocycles. The highest BCUT2D eigenvalue weighted by molar-refractivity contribution is 5.93. The summed E-state index contributed by atoms with van der Waals surface area (Å²) in [5.41, 5.74) is 3.50. The molecule has 1 heterocycles. The Hall–Kier alpha value is -2.99. The third-order valence-electron chi connectivity index (χ3n) is 4.37. The van der Waals surface area contributed by atoms with Crippen LogP contribution in [-0.2, 0) is 11.3 Å². The van der Waals surface area contributed by atoms with Crippen LogP contribution in [0.15, 0.2) is 47.3 Å². The number of H-pyrrole nitrogens is 1. The van der Waals surface area contributed by atoms with Crippen LogP contribution >= 0.6 is 0 Å². The fourth-order valence-corrected chi connectivity index (χ4v) is 2.84. The first-order valence-corrected chi connectivity index (χ1v) is 8.46. The first kappa shape index (κ1) is 17.8. The van der Waals surface area contributed by atoms with Gasteiger partial charge in [-0.25, -0.2) is 4.98 Å². The normalized spacial score (nSPS) is 11.1. The summed E-state index contributed by atoms with van der Waals surface area (Å²) in [6, 6.07) is 13.0. The number of likely N-dealkylation sites (N-methyl/N-ethyl adjacent to an activating group) is 1. The third-order valence-corrected chi connectivity index (χ3v) is 4.37. The SMILES string of the molecule is Cc1cccc(NC(=O)CN(C)Cc2nc3ccccc3c(=O)[nH]2)c1C. The number of aryl methyl sites for hydroxylation is 1. The summed E-state index contributed by atoms with van der Waals surface area (Å²) in [5.74, 6) is 0.431. The second kappa shape index (κ2) is 7.49. The maximum atomic E-state index is 12.3. The minimum atomic E-state index is -0.168. The lowest BCUT2D eigenvalue weighted by molar-refractivity contribution is -0.117. The highest BCUT2D eigenvalue weighted by Crippen LogP contribution is 2.17. The standard InChI is InChI=1S/C20H22N4O2/c1-13-7-6-10-16(14(13)2)22-19(25)12-24(3)11-18-21-17-9-5-4-8-15(17)20(26)23-18/h4-10H,11-12H2,1-3H3,(H,22,25)(H,21,23,26). The Labute approximate surface area is 151 Å². The fraction of sp³-hybridized carbons (Fsp3) is 0.250. The Kier molecular flexibility index (Phi) is 5.14. The number of fused-ring (bicyclic) bond motifs is 1. The van der Waals surface area contributed by atoms with Crippen LogP contribution in [0.4, 0.5) is 5.69 Å². The van der Waals surface area contributed by atoms with Crippen molar-refractivity contribution < 1.29 is 4.79 Å². The monoisotopic (exact) mass is 350 g/mol. The fourth-order valence-electron chi connectivity index (χ4n) is 2.84. The zero-order valence-electron chi connectivity index (χ0n) is 15.2. The summed E-state index contributed by atoms with van der Waals surface area (Å²) in [5, 5.41) is 3.50. The highest BCUT2D eigenvalue weighted by atomic mass is 16.2. The van der Waals surface area contributed by atoms with E-state index in [2.05, 4.69) is 15.3 Å². The van der Waals surface area contributed by atoms with Crippen LogP contribution in [0.2, 0.25) is 0 Å². The molecule has 0 spiro atoms. The van der Waals surface area contributed by atoms with Gasteiger partial charge in [0.1, 0.15) is 5.82 Å². The number of aromatic amines is 1. The Bertz CT molecular complexity index is 1010. The minimum Gasteiger partial charge on any atom is -0.325 e. The lowest BCUT2D eigenvalue weighted by Crippen LogP contribution is -2.31. The molecule has 3 aromatic rings. The smallest absolute Gasteiger partial charge is 0.258 e. The Morgan fingerprint density at radius 3 is 2.73 bits per heavy atom. The Morgan fingerprint density at radius 1 is 1.15 bits per heavy atom. The van der Waals surface area contributed by atoms with Crippen LogP contribution in [0, 0.1) is 13.8 Å². The molecule has 0 aliphatic rings. The summed E-state index contributed by atoms with van der Waals surface area (Å²) >= 11 is 0. The summed E-state index contributed by atoms with van der Waals surface area (Å²) < 4.78 is 0. The van der Waals surface area contributed by atoms with E-state index in [0.29, 0.717) is 23.3 Å². The molecule has 0 bridgehead atoms. The topological polar surface area (TPSA) is 78.1 Å². The predicted molar refractivity (Wildman–Crippen MR) is 103 cm³/mol. The number of hydrogen-bond acceptors (Lipinski definition) is 4. The number of anilines is 1. The van der Waals surface area contributed by atoms with Gasteiger partial charge >= 0.3 is 0 Å². The van der Waals surface area contributed by atoms with Crippen LogP contribution < -0.4 is 10.9 Å². The van der Waals surface area contributed by atoms with E-state index in [1.54, 1.807) is 12.1 Å². The lowest BCUT2D eigenvalue weighted by Gasteiger charge is -2.17. The van der Waals surface area contributed by atoms with Crippen molar-refractivity contribution in [1.29, 1.82) is 0 Å². The van der Waals surface area contributed by atoms with Crippen molar-refractivity contribution in [2.45, 2.75) is 20.4 Å². The molecule has 134 valence electrons. The molecule has 26 heavy (non-hydrogen) atoms. The number of benzene rings is 2. The van der Waals surface area contributed by atoms with Crippen molar-refractivity contribution in [3.05, 3.63) is 69.8 Å². The minimum absolute atomic E-state index is 0.107. The largest absolute Gasteiger partial charge is 0.325 e. The van der Waals surface area contributed by atoms with Gasteiger partial charge in [0.15, 0.2) is 0 Å². The third kappa shape index (κ3) is 3.97. The van der Waals surface area contributed by atoms with E-state index in [4.69, 9.17) is 0 Å². The molecule has 0 unspecified atom stereocenters. The maximum absolute atomic E-state index is 12.3. The van der Waals surface area contributed by atoms with Crippen LogP contribution in [0.3, 0.4) is 0 Å². The molecule has 0 radical (unpaired) electrons. The molecule has 0 saturated heterocycles. The van der Waals surface area contributed by atoms with E-state index in [0.717, 1.165) is 16.8 Å². The molecule has 1 amide bonds. The van der Waals surface area contributed by atoms with Crippen molar-refractivity contribution in [3.63, 3.8) is 0 Å². The van der Waals surface area contributed by atoms with E-state index >= 15 is 0 Å². The van der Waals surface area contributed by atoms with Crippen molar-refractivity contribution >= 4 is 22.5 Å². The molecule has 2 aromatic carbocycles. The van der Waals surface area contributed by atoms with Crippen molar-refractivity contribution in [3.8, 4) is 0 Å². The predicted octanol–water partition coefficient (Wildman–Crippen LogP) is 2.61. The number of aromatic nitrogens is 2. The first-order chi connectivity index (χ1) is 12.4. The molecule has 3 rings (SSSR count). The van der Waals surface area contributed by atoms with Crippen molar-refractivity contribution in [1.82, 2.24) is 14.9 Å². The average Bonchev–Trinajstić information content (AvgIpc) is 2.59. The molecule has 0 fully saturated rings. The lowest BCUT2D eigenvalue weighted by atomic mass is 10.1. The van der Waals surface area contributed by atoms with E-state index < -0.39 is 0 Å². The summed E-state index contributed by atoms with van der Waals surface area (Å²) in [6.45, 7) is 4.57. The van der Waals surface area contributed by atoms with Crippen LogP contribution in [0.25, 0.3) is 10.9 Å². The van der Waals surface area contributed by atoms with Gasteiger partial charge in [-0.2, -0.15) is 0 Å². The first-order valence-electron chi connectivity index (χ1n) is 8.46. The van der Waals surface area contributed by atoms with Crippen molar-refractivity contribution in [2.75, 3.05) is 18.9 Å². The van der Waals surface area contributed by atoms with E-state index in [1.165, 1.54) is 0 Å². The Balaban J connectivity index is 1.67. The number of para-hydroxylation sites is 1. The van der Waals surface area contributed by atoms with Gasteiger partial charge in [0.2, 0.25) is 5.91 Å². The number of carbonyl (C=O) groups is 1. The second-order valence-electron chi connectivity index (χ2n) is 6.50. The zero-order valence-corrected chi connectivity index (χ0v) is 15.2. The van der Waals surface area contributed by atoms with E-state index in [-0.39, 0.29) is 18.0 Å². The number of carbonyl (C=O) groups excluding carboxylic acids is 1. The number of nitrogens with zero attached hydrogens (tertiary/aromatic N) is 2. The van der Waals surface area contributed by atoms with Gasteiger partial charge < -0.3 is 10.3 Å². The van der Waals surface area contributed by atoms with Gasteiger partial charge in [0.05, 0.1) is 24.0 Å². The molecule has 0 aliphatic carbocycles. The molecule has 0 atom stereocenters. The van der Waals surface area contributed by atoms with Gasteiger partial charge in [-0.3, -0.25) is 14.5 Å². The molecular weight excluding hydrogens is 328 g/mol. The molecule has 0 aliphatic heterocycles.